The van der Waals surface area contributed by atoms with E-state index in [-0.39, 0.29) is 30.2 Å². The molecule has 3 aliphatic rings. The van der Waals surface area contributed by atoms with Gasteiger partial charge >= 0.3 is 18.0 Å². The van der Waals surface area contributed by atoms with Crippen molar-refractivity contribution in [1.29, 1.82) is 0 Å². The van der Waals surface area contributed by atoms with Gasteiger partial charge in [-0.3, -0.25) is 24.2 Å². The maximum atomic E-state index is 16.3. The second-order valence-corrected chi connectivity index (χ2v) is 17.1. The Hall–Kier alpha value is -7.56. The van der Waals surface area contributed by atoms with Crippen LogP contribution in [0.4, 0.5) is 10.5 Å². The number of esters is 1. The molecular weight excluding hydrogens is 845 g/mol. The minimum atomic E-state index is -2.18. The Kier molecular flexibility index (Phi) is 12.7. The van der Waals surface area contributed by atoms with Crippen molar-refractivity contribution in [2.24, 2.45) is 5.92 Å². The van der Waals surface area contributed by atoms with Crippen LogP contribution in [-0.4, -0.2) is 76.7 Å². The minimum absolute atomic E-state index is 0.117. The molecule has 67 heavy (non-hydrogen) atoms. The average Bonchev–Trinajstić information content (AvgIpc) is 3.81. The van der Waals surface area contributed by atoms with E-state index in [1.165, 1.54) is 0 Å². The van der Waals surface area contributed by atoms with Gasteiger partial charge in [-0.1, -0.05) is 151 Å². The highest BCUT2D eigenvalue weighted by atomic mass is 16.6. The van der Waals surface area contributed by atoms with Gasteiger partial charge in [0.25, 0.3) is 0 Å². The van der Waals surface area contributed by atoms with Crippen molar-refractivity contribution in [1.82, 2.24) is 15.1 Å². The van der Waals surface area contributed by atoms with Gasteiger partial charge in [-0.25, -0.2) is 9.69 Å². The number of amides is 3. The largest absolute Gasteiger partial charge is 0.491 e. The van der Waals surface area contributed by atoms with E-state index in [0.717, 1.165) is 16.0 Å². The molecule has 338 valence electrons. The fourth-order valence-electron chi connectivity index (χ4n) is 10.2. The Labute approximate surface area is 389 Å². The molecule has 12 nitrogen and oxygen atoms in total. The summed E-state index contributed by atoms with van der Waals surface area (Å²) in [5, 5.41) is 24.8. The van der Waals surface area contributed by atoms with Gasteiger partial charge in [-0.2, -0.15) is 0 Å². The normalized spacial score (nSPS) is 22.3. The molecule has 3 aliphatic heterocycles. The number of nitrogens with zero attached hydrogens (tertiary/aromatic N) is 3. The highest BCUT2D eigenvalue weighted by Crippen LogP contribution is 2.66. The van der Waals surface area contributed by atoms with Gasteiger partial charge in [0, 0.05) is 17.7 Å². The highest BCUT2D eigenvalue weighted by molar-refractivity contribution is 6.24. The monoisotopic (exact) mass is 894 g/mol. The molecule has 3 N–H and O–H groups in total. The molecule has 2 fully saturated rings. The van der Waals surface area contributed by atoms with Gasteiger partial charge in [0.1, 0.15) is 35.8 Å². The molecule has 2 saturated heterocycles. The van der Waals surface area contributed by atoms with Crippen molar-refractivity contribution in [3.8, 4) is 17.6 Å². The molecule has 12 heteroatoms. The predicted octanol–water partition coefficient (Wildman–Crippen LogP) is 7.76. The maximum absolute atomic E-state index is 16.3. The van der Waals surface area contributed by atoms with Crippen LogP contribution < -0.4 is 15.0 Å². The zero-order valence-corrected chi connectivity index (χ0v) is 37.1. The molecule has 3 heterocycles. The molecule has 0 saturated carbocycles. The summed E-state index contributed by atoms with van der Waals surface area (Å²) in [6, 6.07) is 44.8. The lowest BCUT2D eigenvalue weighted by atomic mass is 9.65. The van der Waals surface area contributed by atoms with E-state index in [1.807, 2.05) is 133 Å². The number of morpholine rings is 1. The van der Waals surface area contributed by atoms with Gasteiger partial charge in [0.05, 0.1) is 37.0 Å². The molecule has 9 rings (SSSR count). The summed E-state index contributed by atoms with van der Waals surface area (Å²) in [4.78, 5) is 65.6. The summed E-state index contributed by atoms with van der Waals surface area (Å²) < 4.78 is 12.6. The Morgan fingerprint density at radius 3 is 2.12 bits per heavy atom. The van der Waals surface area contributed by atoms with Crippen molar-refractivity contribution >= 4 is 29.6 Å². The smallest absolute Gasteiger partial charge is 0.329 e. The standard InChI is InChI=1S/C55H50N4O8/c1-36(39-21-9-4-10-22-39)56-54(65)58-44-30-29-37(20-17-31-57(2)35-38-18-7-3-8-19-38)34-43(44)55(53(58)64)46(51(61)62)48-52(63)67-49(41-25-13-6-14-26-41)47(40-23-11-5-12-24-40)59(48)50(55)42-27-15-16-28-45(42)66-33-32-60/h3-16,18-19,21-30,34,36,46-50,60H,31-33,35H2,1-2H3,(H,56,65)(H,61,62). The van der Waals surface area contributed by atoms with Gasteiger partial charge in [-0.05, 0) is 66.1 Å². The maximum Gasteiger partial charge on any atom is 0.329 e. The first-order chi connectivity index (χ1) is 32.6. The van der Waals surface area contributed by atoms with Gasteiger partial charge in [0.2, 0.25) is 5.91 Å². The number of anilines is 1. The number of cyclic esters (lactones) is 1. The third-order valence-electron chi connectivity index (χ3n) is 13.0. The first-order valence-corrected chi connectivity index (χ1v) is 22.3. The molecule has 0 bridgehead atoms. The number of rotatable bonds is 12. The van der Waals surface area contributed by atoms with Crippen LogP contribution in [-0.2, 0) is 31.1 Å². The van der Waals surface area contributed by atoms with Crippen LogP contribution in [0.1, 0.15) is 70.1 Å². The number of aliphatic carboxylic acids is 1. The number of carboxylic acids is 1. The van der Waals surface area contributed by atoms with E-state index in [2.05, 4.69) is 22.1 Å². The molecule has 6 aromatic carbocycles. The third kappa shape index (κ3) is 8.23. The van der Waals surface area contributed by atoms with Crippen LogP contribution in [0.25, 0.3) is 0 Å². The fourth-order valence-corrected chi connectivity index (χ4v) is 10.2. The number of imide groups is 1. The van der Waals surface area contributed by atoms with Gasteiger partial charge < -0.3 is 25.0 Å². The molecule has 6 aromatic rings. The molecule has 1 spiro atoms. The first-order valence-electron chi connectivity index (χ1n) is 22.3. The number of para-hydroxylation sites is 1. The van der Waals surface area contributed by atoms with Crippen molar-refractivity contribution in [2.45, 2.75) is 49.2 Å². The molecular formula is C55H50N4O8. The third-order valence-corrected chi connectivity index (χ3v) is 13.0. The zero-order chi connectivity index (χ0) is 46.7. The Morgan fingerprint density at radius 2 is 1.45 bits per heavy atom. The number of fused-ring (bicyclic) bond motifs is 3. The topological polar surface area (TPSA) is 149 Å². The first kappa shape index (κ1) is 44.6. The second-order valence-electron chi connectivity index (χ2n) is 17.1. The molecule has 0 radical (unpaired) electrons. The highest BCUT2D eigenvalue weighted by Gasteiger charge is 2.76. The van der Waals surface area contributed by atoms with E-state index in [0.29, 0.717) is 35.3 Å². The lowest BCUT2D eigenvalue weighted by molar-refractivity contribution is -0.179. The summed E-state index contributed by atoms with van der Waals surface area (Å²) in [6.45, 7) is 2.40. The van der Waals surface area contributed by atoms with E-state index in [4.69, 9.17) is 9.47 Å². The molecule has 7 atom stereocenters. The van der Waals surface area contributed by atoms with Gasteiger partial charge in [-0.15, -0.1) is 0 Å². The Balaban J connectivity index is 1.28. The minimum Gasteiger partial charge on any atom is -0.491 e. The quantitative estimate of drug-likeness (QED) is 0.0823. The van der Waals surface area contributed by atoms with E-state index >= 15 is 9.59 Å². The van der Waals surface area contributed by atoms with Crippen molar-refractivity contribution in [3.05, 3.63) is 203 Å². The van der Waals surface area contributed by atoms with Crippen molar-refractivity contribution in [3.63, 3.8) is 0 Å². The van der Waals surface area contributed by atoms with Gasteiger partial charge in [0.15, 0.2) is 0 Å². The Morgan fingerprint density at radius 1 is 0.821 bits per heavy atom. The number of hydrogen-bond acceptors (Lipinski definition) is 9. The van der Waals surface area contributed by atoms with Crippen molar-refractivity contribution in [2.75, 3.05) is 31.7 Å². The van der Waals surface area contributed by atoms with E-state index in [1.54, 1.807) is 49.4 Å². The molecule has 0 aromatic heterocycles. The number of hydrogen-bond donors (Lipinski definition) is 3. The number of carbonyl (C=O) groups excluding carboxylic acids is 3. The SMILES string of the molecule is CC(NC(=O)N1C(=O)C2(c3cc(C#CCN(C)Cc4ccccc4)ccc31)C(C(=O)O)C1C(=O)OC(c3ccccc3)C(c3ccccc3)N1C2c1ccccc1OCCO)c1ccccc1. The predicted molar refractivity (Wildman–Crippen MR) is 252 cm³/mol. The van der Waals surface area contributed by atoms with E-state index < -0.39 is 65.5 Å². The summed E-state index contributed by atoms with van der Waals surface area (Å²) in [6.07, 6.45) is -0.961. The summed E-state index contributed by atoms with van der Waals surface area (Å²) in [5.41, 5.74) is 2.30. The molecule has 3 amide bonds. The number of carboxylic acid groups (broad SMARTS) is 1. The molecule has 0 aliphatic carbocycles. The Bertz CT molecular complexity index is 2840. The van der Waals surface area contributed by atoms with Crippen LogP contribution >= 0.6 is 0 Å². The average molecular weight is 895 g/mol. The number of aliphatic hydroxyl groups is 1. The van der Waals surface area contributed by atoms with Crippen LogP contribution in [0.3, 0.4) is 0 Å². The second kappa shape index (κ2) is 19.1. The van der Waals surface area contributed by atoms with E-state index in [9.17, 15) is 19.8 Å². The lowest BCUT2D eigenvalue weighted by Gasteiger charge is -2.46. The number of benzene rings is 6. The number of nitrogens with one attached hydrogen (secondary N) is 1. The molecule has 7 unspecified atom stereocenters. The summed E-state index contributed by atoms with van der Waals surface area (Å²) >= 11 is 0. The number of aliphatic hydroxyl groups excluding tert-OH is 1. The summed E-state index contributed by atoms with van der Waals surface area (Å²) in [5.74, 6) is 1.85. The number of carbonyl (C=O) groups is 4. The van der Waals surface area contributed by atoms with Crippen LogP contribution in [0.5, 0.6) is 5.75 Å². The number of urea groups is 1. The summed E-state index contributed by atoms with van der Waals surface area (Å²) in [7, 11) is 1.96. The van der Waals surface area contributed by atoms with Crippen LogP contribution in [0.2, 0.25) is 0 Å². The van der Waals surface area contributed by atoms with Crippen LogP contribution in [0.15, 0.2) is 164 Å². The lowest BCUT2D eigenvalue weighted by Crippen LogP contribution is -2.54. The number of ether oxygens (including phenoxy) is 2. The van der Waals surface area contributed by atoms with Crippen molar-refractivity contribution < 1.29 is 38.9 Å². The van der Waals surface area contributed by atoms with Crippen LogP contribution in [0, 0.1) is 17.8 Å². The fraction of sp³-hybridized carbons (Fsp3) is 0.236. The zero-order valence-electron chi connectivity index (χ0n) is 37.1.